The molecule has 16 heavy (non-hydrogen) atoms. The maximum atomic E-state index is 12.2. The van der Waals surface area contributed by atoms with Crippen molar-refractivity contribution >= 4 is 17.7 Å². The van der Waals surface area contributed by atoms with Crippen LogP contribution in [0.25, 0.3) is 0 Å². The Kier molecular flexibility index (Phi) is 4.68. The van der Waals surface area contributed by atoms with Crippen molar-refractivity contribution in [1.82, 2.24) is 4.90 Å². The monoisotopic (exact) mass is 244 g/mol. The minimum Gasteiger partial charge on any atom is -0.339 e. The van der Waals surface area contributed by atoms with Gasteiger partial charge in [-0.3, -0.25) is 4.79 Å². The zero-order valence-corrected chi connectivity index (χ0v) is 11.6. The first-order chi connectivity index (χ1) is 7.36. The molecule has 2 atom stereocenters. The number of nitrogens with zero attached hydrogens (tertiary/aromatic N) is 1. The van der Waals surface area contributed by atoms with Gasteiger partial charge in [-0.2, -0.15) is 11.8 Å². The molecule has 0 aliphatic carbocycles. The predicted molar refractivity (Wildman–Crippen MR) is 70.5 cm³/mol. The lowest BCUT2D eigenvalue weighted by atomic mass is 9.86. The molecule has 0 spiro atoms. The molecule has 1 saturated heterocycles. The van der Waals surface area contributed by atoms with E-state index in [-0.39, 0.29) is 17.4 Å². The van der Waals surface area contributed by atoms with Gasteiger partial charge in [0.25, 0.3) is 0 Å². The highest BCUT2D eigenvalue weighted by Gasteiger charge is 2.33. The number of hydrogen-bond acceptors (Lipinski definition) is 3. The van der Waals surface area contributed by atoms with E-state index in [4.69, 9.17) is 5.73 Å². The molecule has 94 valence electrons. The van der Waals surface area contributed by atoms with Gasteiger partial charge in [0.1, 0.15) is 0 Å². The van der Waals surface area contributed by atoms with E-state index in [2.05, 4.69) is 6.92 Å². The van der Waals surface area contributed by atoms with Crippen LogP contribution in [0.4, 0.5) is 0 Å². The van der Waals surface area contributed by atoms with Crippen molar-refractivity contribution in [2.75, 3.05) is 18.8 Å². The maximum absolute atomic E-state index is 12.2. The number of thioether (sulfide) groups is 1. The third kappa shape index (κ3) is 3.39. The van der Waals surface area contributed by atoms with E-state index in [1.165, 1.54) is 0 Å². The second-order valence-electron chi connectivity index (χ2n) is 5.53. The van der Waals surface area contributed by atoms with E-state index >= 15 is 0 Å². The molecule has 0 aromatic heterocycles. The Labute approximate surface area is 103 Å². The fourth-order valence-corrected chi connectivity index (χ4v) is 2.91. The van der Waals surface area contributed by atoms with Crippen LogP contribution >= 0.6 is 11.8 Å². The van der Waals surface area contributed by atoms with Crippen LogP contribution in [0.5, 0.6) is 0 Å². The van der Waals surface area contributed by atoms with Gasteiger partial charge in [-0.15, -0.1) is 0 Å². The molecule has 0 bridgehead atoms. The molecular formula is C12H24N2OS. The number of carbonyl (C=O) groups excluding carboxylic acids is 1. The van der Waals surface area contributed by atoms with Crippen LogP contribution in [-0.4, -0.2) is 40.9 Å². The van der Waals surface area contributed by atoms with Gasteiger partial charge < -0.3 is 10.6 Å². The van der Waals surface area contributed by atoms with Crippen LogP contribution in [0.3, 0.4) is 0 Å². The summed E-state index contributed by atoms with van der Waals surface area (Å²) in [5.41, 5.74) is 5.86. The molecule has 1 fully saturated rings. The molecule has 1 aliphatic rings. The minimum atomic E-state index is -0.381. The molecule has 0 aromatic carbocycles. The molecule has 0 saturated carbocycles. The smallest absolute Gasteiger partial charge is 0.240 e. The summed E-state index contributed by atoms with van der Waals surface area (Å²) in [7, 11) is 0. The van der Waals surface area contributed by atoms with Crippen LogP contribution in [-0.2, 0) is 4.79 Å². The quantitative estimate of drug-likeness (QED) is 0.804. The molecule has 3 nitrogen and oxygen atoms in total. The van der Waals surface area contributed by atoms with Crippen molar-refractivity contribution in [3.05, 3.63) is 0 Å². The van der Waals surface area contributed by atoms with Crippen molar-refractivity contribution in [2.24, 2.45) is 11.1 Å². The van der Waals surface area contributed by atoms with Gasteiger partial charge in [0.2, 0.25) is 5.91 Å². The van der Waals surface area contributed by atoms with Crippen LogP contribution in [0.2, 0.25) is 0 Å². The van der Waals surface area contributed by atoms with E-state index in [0.717, 1.165) is 25.3 Å². The van der Waals surface area contributed by atoms with E-state index in [0.29, 0.717) is 5.25 Å². The van der Waals surface area contributed by atoms with Crippen LogP contribution in [0.1, 0.15) is 34.1 Å². The predicted octanol–water partition coefficient (Wildman–Crippen LogP) is 1.71. The molecule has 1 aliphatic heterocycles. The van der Waals surface area contributed by atoms with Gasteiger partial charge in [0, 0.05) is 24.1 Å². The lowest BCUT2D eigenvalue weighted by molar-refractivity contribution is -0.134. The normalized spacial score (nSPS) is 24.3. The number of carbonyl (C=O) groups is 1. The van der Waals surface area contributed by atoms with Gasteiger partial charge in [-0.25, -0.2) is 0 Å². The van der Waals surface area contributed by atoms with Crippen molar-refractivity contribution in [3.63, 3.8) is 0 Å². The van der Waals surface area contributed by atoms with E-state index in [1.54, 1.807) is 0 Å². The fraction of sp³-hybridized carbons (Fsp3) is 0.917. The Morgan fingerprint density at radius 1 is 1.56 bits per heavy atom. The summed E-state index contributed by atoms with van der Waals surface area (Å²) in [6.07, 6.45) is 1.12. The highest BCUT2D eigenvalue weighted by molar-refractivity contribution is 8.00. The van der Waals surface area contributed by atoms with Crippen LogP contribution in [0, 0.1) is 5.41 Å². The summed E-state index contributed by atoms with van der Waals surface area (Å²) in [5, 5.41) is 0.588. The largest absolute Gasteiger partial charge is 0.339 e. The molecule has 2 N–H and O–H groups in total. The standard InChI is InChI=1S/C12H24N2OS/c1-5-9-8-14(6-7-16-9)11(15)10(13)12(2,3)4/h9-10H,5-8,13H2,1-4H3/t9?,10-/m1/s1. The third-order valence-corrected chi connectivity index (χ3v) is 4.48. The molecule has 1 unspecified atom stereocenters. The molecule has 0 radical (unpaired) electrons. The maximum Gasteiger partial charge on any atom is 0.240 e. The highest BCUT2D eigenvalue weighted by atomic mass is 32.2. The van der Waals surface area contributed by atoms with Gasteiger partial charge in [0.05, 0.1) is 6.04 Å². The molecule has 1 rings (SSSR count). The highest BCUT2D eigenvalue weighted by Crippen LogP contribution is 2.24. The van der Waals surface area contributed by atoms with Crippen molar-refractivity contribution < 1.29 is 4.79 Å². The van der Waals surface area contributed by atoms with Gasteiger partial charge in [-0.1, -0.05) is 27.7 Å². The fourth-order valence-electron chi connectivity index (χ4n) is 1.73. The van der Waals surface area contributed by atoms with Crippen molar-refractivity contribution in [2.45, 2.75) is 45.4 Å². The zero-order chi connectivity index (χ0) is 12.3. The second-order valence-corrected chi connectivity index (χ2v) is 6.94. The number of nitrogens with two attached hydrogens (primary N) is 1. The number of hydrogen-bond donors (Lipinski definition) is 1. The SMILES string of the molecule is CCC1CN(C(=O)[C@@H](N)C(C)(C)C)CCS1. The summed E-state index contributed by atoms with van der Waals surface area (Å²) < 4.78 is 0. The van der Waals surface area contributed by atoms with Gasteiger partial charge in [-0.05, 0) is 11.8 Å². The summed E-state index contributed by atoms with van der Waals surface area (Å²) in [6.45, 7) is 9.95. The summed E-state index contributed by atoms with van der Waals surface area (Å²) >= 11 is 1.97. The topological polar surface area (TPSA) is 46.3 Å². The Morgan fingerprint density at radius 3 is 2.69 bits per heavy atom. The average molecular weight is 244 g/mol. The Hall–Kier alpha value is -0.220. The molecular weight excluding hydrogens is 220 g/mol. The molecule has 1 heterocycles. The Morgan fingerprint density at radius 2 is 2.19 bits per heavy atom. The Bertz CT molecular complexity index is 250. The number of rotatable bonds is 2. The second kappa shape index (κ2) is 5.41. The van der Waals surface area contributed by atoms with Crippen LogP contribution < -0.4 is 5.73 Å². The first-order valence-electron chi connectivity index (χ1n) is 6.02. The Balaban J connectivity index is 2.60. The van der Waals surface area contributed by atoms with Crippen molar-refractivity contribution in [1.29, 1.82) is 0 Å². The first kappa shape index (κ1) is 13.8. The lowest BCUT2D eigenvalue weighted by Gasteiger charge is -2.36. The van der Waals surface area contributed by atoms with Gasteiger partial charge >= 0.3 is 0 Å². The van der Waals surface area contributed by atoms with Crippen molar-refractivity contribution in [3.8, 4) is 0 Å². The lowest BCUT2D eigenvalue weighted by Crippen LogP contribution is -2.53. The first-order valence-corrected chi connectivity index (χ1v) is 7.07. The zero-order valence-electron chi connectivity index (χ0n) is 10.8. The average Bonchev–Trinajstić information content (AvgIpc) is 2.26. The minimum absolute atomic E-state index is 0.117. The molecule has 0 aromatic rings. The summed E-state index contributed by atoms with van der Waals surface area (Å²) in [4.78, 5) is 14.1. The number of amides is 1. The molecule has 1 amide bonds. The molecule has 4 heteroatoms. The van der Waals surface area contributed by atoms with Gasteiger partial charge in [0.15, 0.2) is 0 Å². The van der Waals surface area contributed by atoms with E-state index in [1.807, 2.05) is 37.4 Å². The van der Waals surface area contributed by atoms with E-state index < -0.39 is 0 Å². The van der Waals surface area contributed by atoms with Crippen LogP contribution in [0.15, 0.2) is 0 Å². The summed E-state index contributed by atoms with van der Waals surface area (Å²) in [6, 6.07) is -0.381. The summed E-state index contributed by atoms with van der Waals surface area (Å²) in [5.74, 6) is 1.16. The van der Waals surface area contributed by atoms with E-state index in [9.17, 15) is 4.79 Å². The third-order valence-electron chi connectivity index (χ3n) is 3.10.